The Balaban J connectivity index is 1.77. The van der Waals surface area contributed by atoms with Crippen LogP contribution in [-0.2, 0) is 11.3 Å². The van der Waals surface area contributed by atoms with Crippen molar-refractivity contribution in [1.82, 2.24) is 4.90 Å². The normalized spacial score (nSPS) is 16.2. The summed E-state index contributed by atoms with van der Waals surface area (Å²) in [6.45, 7) is 1.66. The van der Waals surface area contributed by atoms with Crippen LogP contribution in [0.3, 0.4) is 0 Å². The first-order valence-corrected chi connectivity index (χ1v) is 9.57. The van der Waals surface area contributed by atoms with Gasteiger partial charge in [0.05, 0.1) is 29.8 Å². The SMILES string of the molecule is COc1ccccc1CN(CC1CCCO1)C(=O)Nc1ccc(Cl)c(Cl)c1. The molecule has 144 valence electrons. The van der Waals surface area contributed by atoms with Gasteiger partial charge in [-0.3, -0.25) is 0 Å². The first kappa shape index (κ1) is 19.8. The quantitative estimate of drug-likeness (QED) is 0.712. The standard InChI is InChI=1S/C20H22Cl2N2O3/c1-26-19-7-3-2-5-14(19)12-24(13-16-6-4-10-27-16)20(25)23-15-8-9-17(21)18(22)11-15/h2-3,5,7-9,11,16H,4,6,10,12-13H2,1H3,(H,23,25). The van der Waals surface area contributed by atoms with E-state index in [0.29, 0.717) is 28.8 Å². The number of para-hydroxylation sites is 1. The fraction of sp³-hybridized carbons (Fsp3) is 0.350. The van der Waals surface area contributed by atoms with E-state index in [-0.39, 0.29) is 12.1 Å². The predicted molar refractivity (Wildman–Crippen MR) is 108 cm³/mol. The lowest BCUT2D eigenvalue weighted by Crippen LogP contribution is -2.39. The van der Waals surface area contributed by atoms with Crippen molar-refractivity contribution in [1.29, 1.82) is 0 Å². The average Bonchev–Trinajstić information content (AvgIpc) is 3.18. The Labute approximate surface area is 169 Å². The molecule has 1 unspecified atom stereocenters. The van der Waals surface area contributed by atoms with Gasteiger partial charge >= 0.3 is 6.03 Å². The van der Waals surface area contributed by atoms with Gasteiger partial charge in [0.1, 0.15) is 5.75 Å². The van der Waals surface area contributed by atoms with Crippen LogP contribution >= 0.6 is 23.2 Å². The summed E-state index contributed by atoms with van der Waals surface area (Å²) in [7, 11) is 1.62. The molecule has 0 spiro atoms. The van der Waals surface area contributed by atoms with E-state index in [1.165, 1.54) is 0 Å². The van der Waals surface area contributed by atoms with Crippen LogP contribution in [0.25, 0.3) is 0 Å². The maximum Gasteiger partial charge on any atom is 0.322 e. The fourth-order valence-corrected chi connectivity index (χ4v) is 3.37. The number of methoxy groups -OCH3 is 1. The number of nitrogens with zero attached hydrogens (tertiary/aromatic N) is 1. The maximum atomic E-state index is 12.9. The smallest absolute Gasteiger partial charge is 0.322 e. The van der Waals surface area contributed by atoms with Crippen molar-refractivity contribution in [2.24, 2.45) is 0 Å². The van der Waals surface area contributed by atoms with Crippen molar-refractivity contribution in [3.63, 3.8) is 0 Å². The van der Waals surface area contributed by atoms with Gasteiger partial charge in [-0.2, -0.15) is 0 Å². The lowest BCUT2D eigenvalue weighted by Gasteiger charge is -2.26. The van der Waals surface area contributed by atoms with Gasteiger partial charge in [-0.1, -0.05) is 41.4 Å². The van der Waals surface area contributed by atoms with E-state index in [1.807, 2.05) is 24.3 Å². The summed E-state index contributed by atoms with van der Waals surface area (Å²) in [4.78, 5) is 14.7. The third kappa shape index (κ3) is 5.28. The van der Waals surface area contributed by atoms with Gasteiger partial charge in [-0.15, -0.1) is 0 Å². The number of ether oxygens (including phenoxy) is 2. The number of halogens is 2. The van der Waals surface area contributed by atoms with E-state index >= 15 is 0 Å². The molecule has 5 nitrogen and oxygen atoms in total. The molecule has 3 rings (SSSR count). The zero-order valence-corrected chi connectivity index (χ0v) is 16.6. The Morgan fingerprint density at radius 3 is 2.78 bits per heavy atom. The first-order chi connectivity index (χ1) is 13.1. The molecular weight excluding hydrogens is 387 g/mol. The Morgan fingerprint density at radius 1 is 1.26 bits per heavy atom. The molecular formula is C20H22Cl2N2O3. The average molecular weight is 409 g/mol. The molecule has 0 aromatic heterocycles. The first-order valence-electron chi connectivity index (χ1n) is 8.81. The number of anilines is 1. The third-order valence-electron chi connectivity index (χ3n) is 4.46. The highest BCUT2D eigenvalue weighted by atomic mass is 35.5. The second kappa shape index (κ2) is 9.31. The second-order valence-electron chi connectivity index (χ2n) is 6.39. The number of amides is 2. The van der Waals surface area contributed by atoms with Gasteiger partial charge in [-0.25, -0.2) is 4.79 Å². The Bertz CT molecular complexity index is 795. The minimum Gasteiger partial charge on any atom is -0.496 e. The monoisotopic (exact) mass is 408 g/mol. The van der Waals surface area contributed by atoms with Crippen molar-refractivity contribution >= 4 is 34.9 Å². The molecule has 0 bridgehead atoms. The lowest BCUT2D eigenvalue weighted by atomic mass is 10.1. The molecule has 1 aliphatic heterocycles. The lowest BCUT2D eigenvalue weighted by molar-refractivity contribution is 0.0817. The van der Waals surface area contributed by atoms with Crippen LogP contribution < -0.4 is 10.1 Å². The van der Waals surface area contributed by atoms with E-state index in [2.05, 4.69) is 5.32 Å². The number of carbonyl (C=O) groups excluding carboxylic acids is 1. The van der Waals surface area contributed by atoms with Crippen LogP contribution in [0, 0.1) is 0 Å². The summed E-state index contributed by atoms with van der Waals surface area (Å²) in [6.07, 6.45) is 2.00. The van der Waals surface area contributed by atoms with Crippen LogP contribution in [0.4, 0.5) is 10.5 Å². The molecule has 1 N–H and O–H groups in total. The minimum atomic E-state index is -0.227. The Morgan fingerprint density at radius 2 is 2.07 bits per heavy atom. The fourth-order valence-electron chi connectivity index (χ4n) is 3.07. The number of urea groups is 1. The van der Waals surface area contributed by atoms with Gasteiger partial charge in [0.25, 0.3) is 0 Å². The van der Waals surface area contributed by atoms with Crippen molar-refractivity contribution in [2.45, 2.75) is 25.5 Å². The summed E-state index contributed by atoms with van der Waals surface area (Å²) >= 11 is 12.0. The van der Waals surface area contributed by atoms with Gasteiger partial charge in [0.2, 0.25) is 0 Å². The van der Waals surface area contributed by atoms with Crippen LogP contribution in [0.15, 0.2) is 42.5 Å². The molecule has 0 aliphatic carbocycles. The zero-order chi connectivity index (χ0) is 19.2. The van der Waals surface area contributed by atoms with E-state index in [4.69, 9.17) is 32.7 Å². The van der Waals surface area contributed by atoms with Crippen molar-refractivity contribution in [3.05, 3.63) is 58.1 Å². The molecule has 2 aromatic rings. The molecule has 1 saturated heterocycles. The highest BCUT2D eigenvalue weighted by molar-refractivity contribution is 6.42. The summed E-state index contributed by atoms with van der Waals surface area (Å²) in [6, 6.07) is 12.5. The van der Waals surface area contributed by atoms with E-state index in [9.17, 15) is 4.79 Å². The van der Waals surface area contributed by atoms with Crippen LogP contribution in [0.1, 0.15) is 18.4 Å². The minimum absolute atomic E-state index is 0.0410. The number of hydrogen-bond acceptors (Lipinski definition) is 3. The topological polar surface area (TPSA) is 50.8 Å². The maximum absolute atomic E-state index is 12.9. The van der Waals surface area contributed by atoms with E-state index in [1.54, 1.807) is 30.2 Å². The Kier molecular flexibility index (Phi) is 6.83. The molecule has 0 saturated carbocycles. The molecule has 1 aliphatic rings. The van der Waals surface area contributed by atoms with E-state index in [0.717, 1.165) is 30.8 Å². The number of carbonyl (C=O) groups is 1. The van der Waals surface area contributed by atoms with Crippen LogP contribution in [0.5, 0.6) is 5.75 Å². The molecule has 27 heavy (non-hydrogen) atoms. The summed E-state index contributed by atoms with van der Waals surface area (Å²) in [5, 5.41) is 3.73. The summed E-state index contributed by atoms with van der Waals surface area (Å²) in [5.74, 6) is 0.747. The molecule has 0 radical (unpaired) electrons. The number of hydrogen-bond donors (Lipinski definition) is 1. The molecule has 1 atom stereocenters. The number of nitrogens with one attached hydrogen (secondary N) is 1. The van der Waals surface area contributed by atoms with E-state index < -0.39 is 0 Å². The highest BCUT2D eigenvalue weighted by Crippen LogP contribution is 2.26. The van der Waals surface area contributed by atoms with Gasteiger partial charge in [0, 0.05) is 24.4 Å². The molecule has 7 heteroatoms. The van der Waals surface area contributed by atoms with Gasteiger partial charge < -0.3 is 19.7 Å². The predicted octanol–water partition coefficient (Wildman–Crippen LogP) is 5.22. The number of rotatable bonds is 6. The Hall–Kier alpha value is -1.95. The molecule has 2 aromatic carbocycles. The van der Waals surface area contributed by atoms with Crippen LogP contribution in [-0.4, -0.2) is 37.3 Å². The summed E-state index contributed by atoms with van der Waals surface area (Å²) < 4.78 is 11.1. The van der Waals surface area contributed by atoms with Crippen molar-refractivity contribution in [2.75, 3.05) is 25.6 Å². The van der Waals surface area contributed by atoms with Crippen LogP contribution in [0.2, 0.25) is 10.0 Å². The molecule has 1 heterocycles. The molecule has 2 amide bonds. The largest absolute Gasteiger partial charge is 0.496 e. The van der Waals surface area contributed by atoms with Crippen molar-refractivity contribution in [3.8, 4) is 5.75 Å². The molecule has 1 fully saturated rings. The number of benzene rings is 2. The van der Waals surface area contributed by atoms with Crippen molar-refractivity contribution < 1.29 is 14.3 Å². The third-order valence-corrected chi connectivity index (χ3v) is 5.20. The zero-order valence-electron chi connectivity index (χ0n) is 15.1. The second-order valence-corrected chi connectivity index (χ2v) is 7.20. The highest BCUT2D eigenvalue weighted by Gasteiger charge is 2.24. The van der Waals surface area contributed by atoms with Gasteiger partial charge in [-0.05, 0) is 37.1 Å². The van der Waals surface area contributed by atoms with Gasteiger partial charge in [0.15, 0.2) is 0 Å². The summed E-state index contributed by atoms with van der Waals surface area (Å²) in [5.41, 5.74) is 1.52.